The van der Waals surface area contributed by atoms with E-state index in [1.54, 1.807) is 0 Å². The molecule has 0 bridgehead atoms. The summed E-state index contributed by atoms with van der Waals surface area (Å²) in [7, 11) is -3.12. The van der Waals surface area contributed by atoms with Crippen molar-refractivity contribution in [2.75, 3.05) is 0 Å². The molecular weight excluding hydrogens is 176 g/mol. The molecule has 0 aromatic heterocycles. The van der Waals surface area contributed by atoms with E-state index in [2.05, 4.69) is 31.2 Å². The number of hydrogen-bond acceptors (Lipinski definition) is 2. The Labute approximate surface area is 73.8 Å². The van der Waals surface area contributed by atoms with Gasteiger partial charge >= 0.3 is 0 Å². The number of rotatable bonds is 1. The maximum Gasteiger partial charge on any atom is 0.254 e. The standard InChI is InChI=1S/C8H10.H2O3S/c1-2-8-6-4-3-5-7-8;1-4(2)3/h3-7H,2H2,1H3;4H,(H,1,2,3). The first-order valence-electron chi connectivity index (χ1n) is 3.54. The summed E-state index contributed by atoms with van der Waals surface area (Å²) in [4.78, 5) is 0. The Morgan fingerprint density at radius 1 is 1.25 bits per heavy atom. The molecule has 3 nitrogen and oxygen atoms in total. The molecular formula is C8H12O3S. The first kappa shape index (κ1) is 11.1. The molecule has 0 saturated heterocycles. The lowest BCUT2D eigenvalue weighted by atomic mass is 10.2. The minimum atomic E-state index is -3.12. The van der Waals surface area contributed by atoms with Crippen LogP contribution >= 0.6 is 0 Å². The average Bonchev–Trinajstić information content (AvgIpc) is 2.05. The number of hydrogen-bond donors (Lipinski definition) is 2. The van der Waals surface area contributed by atoms with Crippen LogP contribution in [0.1, 0.15) is 12.5 Å². The van der Waals surface area contributed by atoms with Crippen molar-refractivity contribution >= 4 is 11.0 Å². The van der Waals surface area contributed by atoms with Gasteiger partial charge in [0.25, 0.3) is 11.0 Å². The van der Waals surface area contributed by atoms with Crippen molar-refractivity contribution in [3.63, 3.8) is 0 Å². The van der Waals surface area contributed by atoms with Crippen LogP contribution in [0.5, 0.6) is 0 Å². The predicted molar refractivity (Wildman–Crippen MR) is 48.8 cm³/mol. The highest BCUT2D eigenvalue weighted by molar-refractivity contribution is 7.66. The molecule has 4 heteroatoms. The van der Waals surface area contributed by atoms with Gasteiger partial charge in [0.2, 0.25) is 0 Å². The van der Waals surface area contributed by atoms with E-state index in [1.807, 2.05) is 6.07 Å². The van der Waals surface area contributed by atoms with Crippen LogP contribution in [0.25, 0.3) is 0 Å². The van der Waals surface area contributed by atoms with Crippen molar-refractivity contribution in [2.45, 2.75) is 13.3 Å². The highest BCUT2D eigenvalue weighted by Crippen LogP contribution is 1.96. The summed E-state index contributed by atoms with van der Waals surface area (Å²) in [6, 6.07) is 10.5. The van der Waals surface area contributed by atoms with Crippen LogP contribution in [-0.4, -0.2) is 13.0 Å². The van der Waals surface area contributed by atoms with Crippen molar-refractivity contribution in [3.8, 4) is 0 Å². The zero-order valence-electron chi connectivity index (χ0n) is 6.80. The van der Waals surface area contributed by atoms with Crippen LogP contribution in [-0.2, 0) is 17.4 Å². The summed E-state index contributed by atoms with van der Waals surface area (Å²) >= 11 is 0. The van der Waals surface area contributed by atoms with Gasteiger partial charge in [0.15, 0.2) is 0 Å². The SMILES string of the molecule is CCc1ccccc1.O=[SH](=O)O. The van der Waals surface area contributed by atoms with Crippen molar-refractivity contribution < 1.29 is 13.0 Å². The Morgan fingerprint density at radius 2 is 1.67 bits per heavy atom. The lowest BCUT2D eigenvalue weighted by Crippen LogP contribution is -1.73. The van der Waals surface area contributed by atoms with Gasteiger partial charge < -0.3 is 0 Å². The van der Waals surface area contributed by atoms with Crippen molar-refractivity contribution in [3.05, 3.63) is 35.9 Å². The van der Waals surface area contributed by atoms with Gasteiger partial charge in [0.05, 0.1) is 0 Å². The Hall–Kier alpha value is -0.870. The van der Waals surface area contributed by atoms with E-state index in [1.165, 1.54) is 5.56 Å². The molecule has 12 heavy (non-hydrogen) atoms. The highest BCUT2D eigenvalue weighted by atomic mass is 32.2. The fraction of sp³-hybridized carbons (Fsp3) is 0.250. The maximum absolute atomic E-state index is 8.59. The monoisotopic (exact) mass is 188 g/mol. The Balaban J connectivity index is 0.000000261. The van der Waals surface area contributed by atoms with E-state index in [0.29, 0.717) is 0 Å². The summed E-state index contributed by atoms with van der Waals surface area (Å²) in [6.45, 7) is 2.16. The molecule has 0 radical (unpaired) electrons. The third-order valence-corrected chi connectivity index (χ3v) is 1.25. The quantitative estimate of drug-likeness (QED) is 0.516. The van der Waals surface area contributed by atoms with E-state index < -0.39 is 11.0 Å². The smallest absolute Gasteiger partial charge is 0.254 e. The normalized spacial score (nSPS) is 8.92. The van der Waals surface area contributed by atoms with Crippen molar-refractivity contribution in [1.29, 1.82) is 0 Å². The first-order chi connectivity index (χ1) is 5.66. The Morgan fingerprint density at radius 3 is 1.92 bits per heavy atom. The second-order valence-electron chi connectivity index (χ2n) is 2.08. The zero-order valence-corrected chi connectivity index (χ0v) is 7.70. The molecule has 1 aromatic carbocycles. The zero-order chi connectivity index (χ0) is 9.40. The summed E-state index contributed by atoms with van der Waals surface area (Å²) in [6.07, 6.45) is 1.14. The summed E-state index contributed by atoms with van der Waals surface area (Å²) < 4.78 is 24.2. The topological polar surface area (TPSA) is 54.4 Å². The van der Waals surface area contributed by atoms with Gasteiger partial charge in [-0.2, -0.15) is 0 Å². The molecule has 0 saturated carbocycles. The Bertz CT molecular complexity index is 259. The maximum atomic E-state index is 8.59. The fourth-order valence-corrected chi connectivity index (χ4v) is 0.714. The molecule has 0 fully saturated rings. The molecule has 0 aliphatic heterocycles. The van der Waals surface area contributed by atoms with Crippen molar-refractivity contribution in [1.82, 2.24) is 0 Å². The van der Waals surface area contributed by atoms with Crippen LogP contribution in [0, 0.1) is 0 Å². The lowest BCUT2D eigenvalue weighted by Gasteiger charge is -1.89. The molecule has 1 rings (SSSR count). The second-order valence-corrected chi connectivity index (χ2v) is 2.55. The number of thiol groups is 1. The van der Waals surface area contributed by atoms with Gasteiger partial charge in [-0.15, -0.1) is 0 Å². The van der Waals surface area contributed by atoms with Crippen molar-refractivity contribution in [2.24, 2.45) is 0 Å². The van der Waals surface area contributed by atoms with E-state index in [9.17, 15) is 0 Å². The summed E-state index contributed by atoms with van der Waals surface area (Å²) in [5.41, 5.74) is 1.41. The molecule has 0 aliphatic rings. The summed E-state index contributed by atoms with van der Waals surface area (Å²) in [5, 5.41) is 0. The van der Waals surface area contributed by atoms with Gasteiger partial charge in [0, 0.05) is 0 Å². The third-order valence-electron chi connectivity index (χ3n) is 1.25. The average molecular weight is 188 g/mol. The number of benzene rings is 1. The molecule has 1 aromatic rings. The van der Waals surface area contributed by atoms with Crippen LogP contribution in [0.3, 0.4) is 0 Å². The van der Waals surface area contributed by atoms with Gasteiger partial charge in [-0.05, 0) is 12.0 Å². The van der Waals surface area contributed by atoms with Gasteiger partial charge in [-0.25, -0.2) is 8.42 Å². The van der Waals surface area contributed by atoms with E-state index >= 15 is 0 Å². The largest absolute Gasteiger partial charge is 0.288 e. The second kappa shape index (κ2) is 6.82. The highest BCUT2D eigenvalue weighted by Gasteiger charge is 1.79. The molecule has 0 heterocycles. The van der Waals surface area contributed by atoms with Crippen LogP contribution in [0.4, 0.5) is 0 Å². The third kappa shape index (κ3) is 7.24. The van der Waals surface area contributed by atoms with Crippen LogP contribution < -0.4 is 0 Å². The van der Waals surface area contributed by atoms with Crippen LogP contribution in [0.15, 0.2) is 30.3 Å². The number of aryl methyl sites for hydroxylation is 1. The Kier molecular flexibility index (Phi) is 6.32. The van der Waals surface area contributed by atoms with Gasteiger partial charge in [-0.1, -0.05) is 37.3 Å². The molecule has 0 spiro atoms. The fourth-order valence-electron chi connectivity index (χ4n) is 0.714. The predicted octanol–water partition coefficient (Wildman–Crippen LogP) is 1.32. The minimum absolute atomic E-state index is 1.14. The molecule has 0 aliphatic carbocycles. The molecule has 1 N–H and O–H groups in total. The van der Waals surface area contributed by atoms with Crippen LogP contribution in [0.2, 0.25) is 0 Å². The first-order valence-corrected chi connectivity index (χ1v) is 4.67. The molecule has 0 unspecified atom stereocenters. The van der Waals surface area contributed by atoms with E-state index in [0.717, 1.165) is 6.42 Å². The molecule has 0 amide bonds. The van der Waals surface area contributed by atoms with Gasteiger partial charge in [-0.3, -0.25) is 4.55 Å². The lowest BCUT2D eigenvalue weighted by molar-refractivity contribution is 0.509. The summed E-state index contributed by atoms with van der Waals surface area (Å²) in [5.74, 6) is 0. The van der Waals surface area contributed by atoms with E-state index in [-0.39, 0.29) is 0 Å². The minimum Gasteiger partial charge on any atom is -0.288 e. The van der Waals surface area contributed by atoms with Gasteiger partial charge in [0.1, 0.15) is 0 Å². The van der Waals surface area contributed by atoms with E-state index in [4.69, 9.17) is 13.0 Å². The molecule has 0 atom stereocenters. The molecule has 68 valence electrons.